The number of hydrogen-bond donors (Lipinski definition) is 2. The van der Waals surface area contributed by atoms with Crippen molar-refractivity contribution in [1.82, 2.24) is 34.0 Å². The quantitative estimate of drug-likeness (QED) is 0.204. The highest BCUT2D eigenvalue weighted by atomic mass is 19.4. The number of nitrogens with zero attached hydrogens (tertiary/aromatic N) is 7. The maximum Gasteiger partial charge on any atom is 0.416 e. The average Bonchev–Trinajstić information content (AvgIpc) is 3.82. The Labute approximate surface area is 288 Å². The predicted octanol–water partition coefficient (Wildman–Crippen LogP) is 3.58. The number of alkyl halides is 3. The van der Waals surface area contributed by atoms with Gasteiger partial charge in [0.1, 0.15) is 11.6 Å². The number of rotatable bonds is 6. The second-order valence-corrected chi connectivity index (χ2v) is 13.1. The monoisotopic (exact) mass is 699 g/mol. The molecule has 1 atom stereocenters. The molecule has 0 saturated carbocycles. The zero-order valence-electron chi connectivity index (χ0n) is 27.7. The third-order valence-electron chi connectivity index (χ3n) is 9.30. The minimum Gasteiger partial charge on any atom is -0.369 e. The van der Waals surface area contributed by atoms with Crippen LogP contribution >= 0.6 is 0 Å². The van der Waals surface area contributed by atoms with Crippen molar-refractivity contribution in [3.05, 3.63) is 88.9 Å². The number of imidazole rings is 1. The molecule has 2 saturated heterocycles. The van der Waals surface area contributed by atoms with E-state index >= 15 is 0 Å². The van der Waals surface area contributed by atoms with Gasteiger partial charge in [0, 0.05) is 50.8 Å². The van der Waals surface area contributed by atoms with Gasteiger partial charge in [0.05, 0.1) is 45.6 Å². The predicted molar refractivity (Wildman–Crippen MR) is 180 cm³/mol. The highest BCUT2D eigenvalue weighted by molar-refractivity contribution is 6.00. The zero-order chi connectivity index (χ0) is 36.2. The highest BCUT2D eigenvalue weighted by Crippen LogP contribution is 2.34. The van der Waals surface area contributed by atoms with E-state index in [9.17, 15) is 32.3 Å². The zero-order valence-corrected chi connectivity index (χ0v) is 27.7. The van der Waals surface area contributed by atoms with Gasteiger partial charge in [-0.1, -0.05) is 11.8 Å². The molecule has 51 heavy (non-hydrogen) atoms. The van der Waals surface area contributed by atoms with E-state index in [1.54, 1.807) is 39.4 Å². The van der Waals surface area contributed by atoms with Crippen LogP contribution in [-0.4, -0.2) is 59.5 Å². The lowest BCUT2D eigenvalue weighted by atomic mass is 9.99. The third-order valence-corrected chi connectivity index (χ3v) is 9.30. The summed E-state index contributed by atoms with van der Waals surface area (Å²) >= 11 is 0. The summed E-state index contributed by atoms with van der Waals surface area (Å²) in [5, 5.41) is 13.4. The molecule has 2 N–H and O–H groups in total. The number of imide groups is 1. The molecule has 0 spiro atoms. The molecule has 1 unspecified atom stereocenters. The Morgan fingerprint density at radius 2 is 1.82 bits per heavy atom. The minimum atomic E-state index is -4.57. The Bertz CT molecular complexity index is 2320. The van der Waals surface area contributed by atoms with E-state index in [4.69, 9.17) is 0 Å². The number of amides is 3. The molecule has 2 aliphatic heterocycles. The van der Waals surface area contributed by atoms with Crippen molar-refractivity contribution in [2.75, 3.05) is 23.3 Å². The minimum absolute atomic E-state index is 0.0534. The maximum absolute atomic E-state index is 13.5. The number of aromatic nitrogens is 6. The van der Waals surface area contributed by atoms with Crippen molar-refractivity contribution in [1.29, 1.82) is 0 Å². The highest BCUT2D eigenvalue weighted by Gasteiger charge is 2.35. The summed E-state index contributed by atoms with van der Waals surface area (Å²) in [6.45, 7) is 4.57. The molecule has 7 rings (SSSR count). The second kappa shape index (κ2) is 12.3. The Morgan fingerprint density at radius 1 is 1.04 bits per heavy atom. The van der Waals surface area contributed by atoms with E-state index < -0.39 is 35.1 Å². The molecule has 0 radical (unpaired) electrons. The van der Waals surface area contributed by atoms with Crippen LogP contribution in [0.1, 0.15) is 43.9 Å². The molecule has 2 aromatic carbocycles. The molecule has 5 aromatic rings. The van der Waals surface area contributed by atoms with E-state index in [1.807, 2.05) is 18.2 Å². The van der Waals surface area contributed by atoms with Crippen LogP contribution in [0.15, 0.2) is 72.0 Å². The molecule has 0 bridgehead atoms. The number of hydrogen-bond acceptors (Lipinski definition) is 7. The fraction of sp³-hybridized carbons (Fsp3) is 0.314. The lowest BCUT2D eigenvalue weighted by Gasteiger charge is -2.38. The van der Waals surface area contributed by atoms with Gasteiger partial charge in [-0.25, -0.2) is 9.48 Å². The van der Waals surface area contributed by atoms with Crippen molar-refractivity contribution in [2.24, 2.45) is 13.0 Å². The van der Waals surface area contributed by atoms with Gasteiger partial charge in [-0.05, 0) is 62.7 Å². The van der Waals surface area contributed by atoms with Gasteiger partial charge in [0.2, 0.25) is 11.8 Å². The van der Waals surface area contributed by atoms with Crippen LogP contribution in [0.3, 0.4) is 0 Å². The average molecular weight is 700 g/mol. The fourth-order valence-corrected chi connectivity index (χ4v) is 6.23. The SMILES string of the molecule is Cn1c(=O)n(C2CCC(=O)NC2=O)c2ccc(N3CC(C#Cc4cnn(C(C)(C)C(=O)Nc5ccc(C(F)(F)F)cc5-n5cccn5)c4)C3)cc21. The van der Waals surface area contributed by atoms with E-state index in [2.05, 4.69) is 37.6 Å². The largest absolute Gasteiger partial charge is 0.416 e. The Hall–Kier alpha value is -6.11. The molecule has 0 aliphatic carbocycles. The molecule has 16 heteroatoms. The van der Waals surface area contributed by atoms with Gasteiger partial charge in [0.15, 0.2) is 0 Å². The standard InChI is InChI=1S/C35H32F3N9O4/c1-34(2,32(50)41-25-9-7-23(35(36,37)38)15-28(25)45-14-4-13-39-45)46-20-21(17-40-46)5-6-22-18-44(19-22)24-8-10-26-29(16-24)43(3)33(51)47(26)27-11-12-30(48)42-31(27)49/h4,7-10,13-17,20,22,27H,11-12,18-19H2,1-3H3,(H,41,50)(H,42,48,49). The smallest absolute Gasteiger partial charge is 0.369 e. The van der Waals surface area contributed by atoms with Crippen LogP contribution in [0, 0.1) is 17.8 Å². The van der Waals surface area contributed by atoms with E-state index in [0.29, 0.717) is 29.7 Å². The van der Waals surface area contributed by atoms with Crippen molar-refractivity contribution in [2.45, 2.75) is 44.4 Å². The van der Waals surface area contributed by atoms with Gasteiger partial charge in [-0.2, -0.15) is 23.4 Å². The van der Waals surface area contributed by atoms with Crippen LogP contribution in [0.2, 0.25) is 0 Å². The lowest BCUT2D eigenvalue weighted by Crippen LogP contribution is -2.46. The fourth-order valence-electron chi connectivity index (χ4n) is 6.23. The lowest BCUT2D eigenvalue weighted by molar-refractivity contribution is -0.138. The first kappa shape index (κ1) is 33.4. The number of anilines is 2. The van der Waals surface area contributed by atoms with Crippen LogP contribution in [0.5, 0.6) is 0 Å². The van der Waals surface area contributed by atoms with Crippen molar-refractivity contribution in [3.8, 4) is 17.5 Å². The Kier molecular flexibility index (Phi) is 8.08. The summed E-state index contributed by atoms with van der Waals surface area (Å²) in [6.07, 6.45) is 1.97. The van der Waals surface area contributed by atoms with Crippen LogP contribution in [0.4, 0.5) is 24.5 Å². The first-order valence-electron chi connectivity index (χ1n) is 16.1. The maximum atomic E-state index is 13.5. The number of piperidine rings is 1. The summed E-state index contributed by atoms with van der Waals surface area (Å²) < 4.78 is 46.0. The summed E-state index contributed by atoms with van der Waals surface area (Å²) in [6, 6.07) is 9.47. The van der Waals surface area contributed by atoms with Gasteiger partial charge in [0.25, 0.3) is 5.91 Å². The van der Waals surface area contributed by atoms with Crippen LogP contribution in [-0.2, 0) is 33.1 Å². The summed E-state index contributed by atoms with van der Waals surface area (Å²) in [5.74, 6) is 5.09. The molecule has 3 aromatic heterocycles. The summed E-state index contributed by atoms with van der Waals surface area (Å²) in [7, 11) is 1.65. The number of carbonyl (C=O) groups excluding carboxylic acids is 3. The number of benzene rings is 2. The van der Waals surface area contributed by atoms with Crippen molar-refractivity contribution >= 4 is 40.1 Å². The first-order valence-corrected chi connectivity index (χ1v) is 16.1. The number of halogens is 3. The molecule has 2 aliphatic rings. The number of nitrogens with one attached hydrogen (secondary N) is 2. The third kappa shape index (κ3) is 6.15. The second-order valence-electron chi connectivity index (χ2n) is 13.1. The molecule has 2 fully saturated rings. The summed E-state index contributed by atoms with van der Waals surface area (Å²) in [5.41, 5.74) is 0.570. The van der Waals surface area contributed by atoms with Gasteiger partial charge in [-0.15, -0.1) is 0 Å². The van der Waals surface area contributed by atoms with Gasteiger partial charge < -0.3 is 10.2 Å². The van der Waals surface area contributed by atoms with E-state index in [1.165, 1.54) is 37.0 Å². The van der Waals surface area contributed by atoms with Gasteiger partial charge >= 0.3 is 11.9 Å². The molecular weight excluding hydrogens is 667 g/mol. The Morgan fingerprint density at radius 3 is 2.53 bits per heavy atom. The molecule has 262 valence electrons. The van der Waals surface area contributed by atoms with Crippen molar-refractivity contribution < 1.29 is 27.6 Å². The number of aryl methyl sites for hydroxylation is 1. The van der Waals surface area contributed by atoms with Crippen LogP contribution in [0.25, 0.3) is 16.7 Å². The van der Waals surface area contributed by atoms with Crippen LogP contribution < -0.4 is 21.2 Å². The molecule has 5 heterocycles. The molecule has 3 amide bonds. The Balaban J connectivity index is 1.02. The van der Waals surface area contributed by atoms with Crippen molar-refractivity contribution in [3.63, 3.8) is 0 Å². The van der Waals surface area contributed by atoms with E-state index in [-0.39, 0.29) is 41.7 Å². The molecule has 13 nitrogen and oxygen atoms in total. The number of carbonyl (C=O) groups is 3. The summed E-state index contributed by atoms with van der Waals surface area (Å²) in [4.78, 5) is 52.8. The van der Waals surface area contributed by atoms with Gasteiger partial charge in [-0.3, -0.25) is 33.5 Å². The number of fused-ring (bicyclic) bond motifs is 1. The first-order chi connectivity index (χ1) is 24.2. The van der Waals surface area contributed by atoms with E-state index in [0.717, 1.165) is 17.8 Å². The normalized spacial score (nSPS) is 16.8. The molecular formula is C35H32F3N9O4. The topological polar surface area (TPSA) is 141 Å².